The smallest absolute Gasteiger partial charge is 0.161 e. The zero-order chi connectivity index (χ0) is 13.7. The third kappa shape index (κ3) is 3.16. The van der Waals surface area contributed by atoms with E-state index in [1.165, 1.54) is 0 Å². The van der Waals surface area contributed by atoms with E-state index in [4.69, 9.17) is 14.7 Å². The number of hydrogen-bond acceptors (Lipinski definition) is 5. The van der Waals surface area contributed by atoms with Crippen LogP contribution in [0.25, 0.3) is 0 Å². The predicted octanol–water partition coefficient (Wildman–Crippen LogP) is 1.00. The van der Waals surface area contributed by atoms with Gasteiger partial charge in [0, 0.05) is 26.2 Å². The topological polar surface area (TPSA) is 57.5 Å². The molecule has 1 fully saturated rings. The van der Waals surface area contributed by atoms with Crippen LogP contribution in [0.5, 0.6) is 11.5 Å². The summed E-state index contributed by atoms with van der Waals surface area (Å²) in [6, 6.07) is 8.14. The van der Waals surface area contributed by atoms with Gasteiger partial charge in [-0.25, -0.2) is 0 Å². The predicted molar refractivity (Wildman–Crippen MR) is 72.2 cm³/mol. The average Bonchev–Trinajstić information content (AvgIpc) is 2.47. The van der Waals surface area contributed by atoms with Gasteiger partial charge in [0.25, 0.3) is 0 Å². The Morgan fingerprint density at radius 1 is 1.37 bits per heavy atom. The largest absolute Gasteiger partial charge is 0.493 e. The molecule has 2 rings (SSSR count). The maximum Gasteiger partial charge on any atom is 0.161 e. The maximum absolute atomic E-state index is 9.15. The molecule has 1 saturated heterocycles. The molecular weight excluding hydrogens is 242 g/mol. The van der Waals surface area contributed by atoms with Crippen molar-refractivity contribution in [1.82, 2.24) is 10.2 Å². The van der Waals surface area contributed by atoms with E-state index >= 15 is 0 Å². The molecule has 1 aliphatic rings. The summed E-state index contributed by atoms with van der Waals surface area (Å²) in [6.45, 7) is 3.28. The third-order valence-electron chi connectivity index (χ3n) is 3.34. The first-order valence-corrected chi connectivity index (χ1v) is 6.33. The summed E-state index contributed by atoms with van der Waals surface area (Å²) in [5, 5.41) is 12.4. The first-order chi connectivity index (χ1) is 9.28. The lowest BCUT2D eigenvalue weighted by molar-refractivity contribution is 0.189. The fraction of sp³-hybridized carbons (Fsp3) is 0.500. The molecule has 19 heavy (non-hydrogen) atoms. The summed E-state index contributed by atoms with van der Waals surface area (Å²) in [5.41, 5.74) is 1.12. The number of nitrogens with one attached hydrogen (secondary N) is 1. The number of ether oxygens (including phenoxy) is 2. The van der Waals surface area contributed by atoms with Crippen molar-refractivity contribution < 1.29 is 9.47 Å². The van der Waals surface area contributed by atoms with Gasteiger partial charge >= 0.3 is 0 Å². The van der Waals surface area contributed by atoms with Crippen molar-refractivity contribution in [2.24, 2.45) is 0 Å². The van der Waals surface area contributed by atoms with Gasteiger partial charge in [0.1, 0.15) is 6.04 Å². The molecule has 102 valence electrons. The molecule has 5 nitrogen and oxygen atoms in total. The lowest BCUT2D eigenvalue weighted by Crippen LogP contribution is -2.49. The molecule has 1 N–H and O–H groups in total. The molecule has 0 aromatic heterocycles. The lowest BCUT2D eigenvalue weighted by atomic mass is 10.1. The fourth-order valence-electron chi connectivity index (χ4n) is 2.28. The van der Waals surface area contributed by atoms with Gasteiger partial charge in [-0.2, -0.15) is 5.26 Å². The number of nitriles is 1. The van der Waals surface area contributed by atoms with E-state index in [-0.39, 0.29) is 6.04 Å². The van der Waals surface area contributed by atoms with Crippen molar-refractivity contribution in [3.05, 3.63) is 23.8 Å². The monoisotopic (exact) mass is 261 g/mol. The summed E-state index contributed by atoms with van der Waals surface area (Å²) in [4.78, 5) is 2.18. The van der Waals surface area contributed by atoms with Crippen LogP contribution in [0.15, 0.2) is 18.2 Å². The second-order valence-corrected chi connectivity index (χ2v) is 4.51. The number of nitrogens with zero attached hydrogens (tertiary/aromatic N) is 2. The first-order valence-electron chi connectivity index (χ1n) is 6.33. The fourth-order valence-corrected chi connectivity index (χ4v) is 2.28. The van der Waals surface area contributed by atoms with Crippen LogP contribution in [0.3, 0.4) is 0 Å². The van der Waals surface area contributed by atoms with Gasteiger partial charge in [-0.05, 0) is 17.7 Å². The van der Waals surface area contributed by atoms with E-state index in [1.807, 2.05) is 18.2 Å². The van der Waals surface area contributed by atoms with Gasteiger partial charge in [0.2, 0.25) is 0 Å². The highest BCUT2D eigenvalue weighted by Crippen LogP contribution is 2.28. The zero-order valence-electron chi connectivity index (χ0n) is 11.3. The summed E-state index contributed by atoms with van der Waals surface area (Å²) < 4.78 is 10.5. The van der Waals surface area contributed by atoms with Crippen molar-refractivity contribution in [1.29, 1.82) is 5.26 Å². The van der Waals surface area contributed by atoms with Gasteiger partial charge in [-0.3, -0.25) is 4.90 Å². The van der Waals surface area contributed by atoms with Crippen LogP contribution in [-0.4, -0.2) is 44.8 Å². The van der Waals surface area contributed by atoms with Crippen LogP contribution in [0.2, 0.25) is 0 Å². The van der Waals surface area contributed by atoms with E-state index < -0.39 is 0 Å². The van der Waals surface area contributed by atoms with E-state index in [0.717, 1.165) is 43.2 Å². The standard InChI is InChI=1S/C14H19N3O2/c1-18-13-4-3-11(7-14(13)19-2)10-17-6-5-16-9-12(17)8-15/h3-4,7,12,16H,5-6,9-10H2,1-2H3. The summed E-state index contributed by atoms with van der Waals surface area (Å²) in [5.74, 6) is 1.45. The summed E-state index contributed by atoms with van der Waals surface area (Å²) in [7, 11) is 3.25. The highest BCUT2D eigenvalue weighted by Gasteiger charge is 2.21. The average molecular weight is 261 g/mol. The van der Waals surface area contributed by atoms with E-state index in [9.17, 15) is 0 Å². The molecule has 5 heteroatoms. The van der Waals surface area contributed by atoms with E-state index in [2.05, 4.69) is 16.3 Å². The SMILES string of the molecule is COc1ccc(CN2CCNCC2C#N)cc1OC. The quantitative estimate of drug-likeness (QED) is 0.876. The maximum atomic E-state index is 9.15. The van der Waals surface area contributed by atoms with E-state index in [0.29, 0.717) is 0 Å². The Labute approximate surface area is 113 Å². The first kappa shape index (κ1) is 13.7. The van der Waals surface area contributed by atoms with Crippen LogP contribution in [0.1, 0.15) is 5.56 Å². The molecule has 0 radical (unpaired) electrons. The zero-order valence-corrected chi connectivity index (χ0v) is 11.3. The van der Waals surface area contributed by atoms with Crippen LogP contribution in [0, 0.1) is 11.3 Å². The van der Waals surface area contributed by atoms with Crippen LogP contribution in [0.4, 0.5) is 0 Å². The van der Waals surface area contributed by atoms with E-state index in [1.54, 1.807) is 14.2 Å². The van der Waals surface area contributed by atoms with Gasteiger partial charge in [-0.15, -0.1) is 0 Å². The Kier molecular flexibility index (Phi) is 4.61. The van der Waals surface area contributed by atoms with Crippen molar-refractivity contribution in [2.75, 3.05) is 33.9 Å². The molecule has 1 aromatic carbocycles. The van der Waals surface area contributed by atoms with Crippen molar-refractivity contribution in [3.63, 3.8) is 0 Å². The normalized spacial score (nSPS) is 19.7. The van der Waals surface area contributed by atoms with Crippen molar-refractivity contribution >= 4 is 0 Å². The Balaban J connectivity index is 2.12. The van der Waals surface area contributed by atoms with Crippen LogP contribution >= 0.6 is 0 Å². The molecule has 0 spiro atoms. The van der Waals surface area contributed by atoms with Gasteiger partial charge in [-0.1, -0.05) is 6.07 Å². The molecule has 1 heterocycles. The molecule has 0 aliphatic carbocycles. The molecule has 1 atom stereocenters. The molecule has 1 unspecified atom stereocenters. The molecule has 0 amide bonds. The number of methoxy groups -OCH3 is 2. The van der Waals surface area contributed by atoms with Gasteiger partial charge < -0.3 is 14.8 Å². The minimum absolute atomic E-state index is 0.0677. The Bertz CT molecular complexity index is 470. The minimum atomic E-state index is -0.0677. The van der Waals surface area contributed by atoms with Gasteiger partial charge in [0.15, 0.2) is 11.5 Å². The number of piperazine rings is 1. The Hall–Kier alpha value is -1.77. The minimum Gasteiger partial charge on any atom is -0.493 e. The molecule has 0 bridgehead atoms. The molecular formula is C14H19N3O2. The molecule has 1 aromatic rings. The van der Waals surface area contributed by atoms with Crippen LogP contribution < -0.4 is 14.8 Å². The van der Waals surface area contributed by atoms with Crippen molar-refractivity contribution in [3.8, 4) is 17.6 Å². The van der Waals surface area contributed by atoms with Gasteiger partial charge in [0.05, 0.1) is 20.3 Å². The number of benzene rings is 1. The highest BCUT2D eigenvalue weighted by atomic mass is 16.5. The molecule has 1 aliphatic heterocycles. The number of rotatable bonds is 4. The molecule has 0 saturated carbocycles. The summed E-state index contributed by atoms with van der Waals surface area (Å²) in [6.07, 6.45) is 0. The second-order valence-electron chi connectivity index (χ2n) is 4.51. The van der Waals surface area contributed by atoms with Crippen LogP contribution in [-0.2, 0) is 6.54 Å². The lowest BCUT2D eigenvalue weighted by Gasteiger charge is -2.31. The summed E-state index contributed by atoms with van der Waals surface area (Å²) >= 11 is 0. The highest BCUT2D eigenvalue weighted by molar-refractivity contribution is 5.42. The van der Waals surface area contributed by atoms with Crippen molar-refractivity contribution in [2.45, 2.75) is 12.6 Å². The Morgan fingerprint density at radius 3 is 2.84 bits per heavy atom. The second kappa shape index (κ2) is 6.41. The third-order valence-corrected chi connectivity index (χ3v) is 3.34. The number of hydrogen-bond donors (Lipinski definition) is 1. The Morgan fingerprint density at radius 2 is 2.16 bits per heavy atom.